The van der Waals surface area contributed by atoms with Crippen LogP contribution in [0.5, 0.6) is 0 Å². The fraction of sp³-hybridized carbons (Fsp3) is 0.727. The van der Waals surface area contributed by atoms with Gasteiger partial charge in [0.25, 0.3) is 5.91 Å². The first-order valence-electron chi connectivity index (χ1n) is 11.2. The molecule has 32 heavy (non-hydrogen) atoms. The summed E-state index contributed by atoms with van der Waals surface area (Å²) in [5, 5.41) is 25.4. The Kier molecular flexibility index (Phi) is 13.8. The lowest BCUT2D eigenvalue weighted by Crippen LogP contribution is -2.43. The number of carboxylic acids is 1. The molecule has 1 aromatic heterocycles. The minimum Gasteiger partial charge on any atom is -0.480 e. The van der Waals surface area contributed by atoms with Crippen LogP contribution in [0.3, 0.4) is 0 Å². The molecule has 1 fully saturated rings. The molecule has 0 spiro atoms. The second-order valence-corrected chi connectivity index (χ2v) is 8.70. The van der Waals surface area contributed by atoms with Crippen molar-refractivity contribution < 1.29 is 29.3 Å². The van der Waals surface area contributed by atoms with Crippen molar-refractivity contribution in [3.05, 3.63) is 16.1 Å². The predicted octanol–water partition coefficient (Wildman–Crippen LogP) is 3.92. The number of hydrogen-bond donors (Lipinski definition) is 4. The van der Waals surface area contributed by atoms with Gasteiger partial charge in [-0.3, -0.25) is 4.79 Å². The molecule has 1 aliphatic carbocycles. The molecular weight excluding hydrogens is 434 g/mol. The van der Waals surface area contributed by atoms with Crippen molar-refractivity contribution in [2.45, 2.75) is 97.8 Å². The molecule has 4 N–H and O–H groups in total. The van der Waals surface area contributed by atoms with E-state index in [4.69, 9.17) is 14.9 Å². The molecule has 0 aliphatic heterocycles. The third-order valence-corrected chi connectivity index (χ3v) is 5.35. The van der Waals surface area contributed by atoms with E-state index < -0.39 is 36.2 Å². The standard InChI is InChI=1S/C18H27N3O6S.2C2H6/c1-18(2,3)27-17(26)19-11-6-4-10(5-7-11)15-21-13(9-28-15)14(23)20-12(8-22)16(24)25;2*1-2/h9-12,22H,4-8H2,1-3H3,(H,19,26)(H,20,23)(H,24,25);2*1-2H3. The van der Waals surface area contributed by atoms with Crippen LogP contribution in [0.25, 0.3) is 0 Å². The van der Waals surface area contributed by atoms with E-state index in [-0.39, 0.29) is 17.7 Å². The van der Waals surface area contributed by atoms with Crippen LogP contribution in [-0.2, 0) is 9.53 Å². The zero-order valence-corrected chi connectivity index (χ0v) is 21.0. The molecule has 0 bridgehead atoms. The van der Waals surface area contributed by atoms with E-state index in [0.717, 1.165) is 30.7 Å². The molecule has 0 saturated heterocycles. The van der Waals surface area contributed by atoms with Crippen molar-refractivity contribution >= 4 is 29.3 Å². The molecule has 1 aromatic rings. The Hall–Kier alpha value is -2.20. The van der Waals surface area contributed by atoms with Crippen LogP contribution < -0.4 is 10.6 Å². The zero-order valence-electron chi connectivity index (χ0n) is 20.2. The number of aliphatic hydroxyl groups excluding tert-OH is 1. The summed E-state index contributed by atoms with van der Waals surface area (Å²) in [5.41, 5.74) is -0.386. The van der Waals surface area contributed by atoms with Gasteiger partial charge in [-0.2, -0.15) is 0 Å². The Labute approximate surface area is 195 Å². The largest absolute Gasteiger partial charge is 0.480 e. The van der Waals surface area contributed by atoms with Gasteiger partial charge in [0.1, 0.15) is 11.3 Å². The first kappa shape index (κ1) is 29.8. The number of thiazole rings is 1. The van der Waals surface area contributed by atoms with Crippen molar-refractivity contribution in [2.75, 3.05) is 6.61 Å². The van der Waals surface area contributed by atoms with Crippen molar-refractivity contribution in [3.63, 3.8) is 0 Å². The summed E-state index contributed by atoms with van der Waals surface area (Å²) >= 11 is 1.36. The number of aromatic nitrogens is 1. The van der Waals surface area contributed by atoms with Crippen LogP contribution in [0.2, 0.25) is 0 Å². The maximum absolute atomic E-state index is 12.1. The number of carbonyl (C=O) groups is 3. The summed E-state index contributed by atoms with van der Waals surface area (Å²) in [6.45, 7) is 12.8. The number of nitrogens with zero attached hydrogens (tertiary/aromatic N) is 1. The first-order chi connectivity index (χ1) is 15.1. The van der Waals surface area contributed by atoms with E-state index in [1.807, 2.05) is 48.5 Å². The molecule has 10 heteroatoms. The third-order valence-electron chi connectivity index (χ3n) is 4.34. The van der Waals surface area contributed by atoms with Crippen LogP contribution in [0.1, 0.15) is 95.6 Å². The molecule has 2 amide bonds. The molecule has 184 valence electrons. The highest BCUT2D eigenvalue weighted by Crippen LogP contribution is 2.34. The van der Waals surface area contributed by atoms with Crippen molar-refractivity contribution in [3.8, 4) is 0 Å². The molecule has 1 unspecified atom stereocenters. The average Bonchev–Trinajstić information content (AvgIpc) is 3.24. The van der Waals surface area contributed by atoms with Crippen LogP contribution in [0, 0.1) is 0 Å². The Morgan fingerprint density at radius 1 is 1.16 bits per heavy atom. The lowest BCUT2D eigenvalue weighted by molar-refractivity contribution is -0.140. The van der Waals surface area contributed by atoms with Gasteiger partial charge in [-0.1, -0.05) is 27.7 Å². The summed E-state index contributed by atoms with van der Waals surface area (Å²) in [6, 6.07) is -1.30. The quantitative estimate of drug-likeness (QED) is 0.491. The summed E-state index contributed by atoms with van der Waals surface area (Å²) in [6.07, 6.45) is 2.81. The Balaban J connectivity index is 0.00000227. The van der Waals surface area contributed by atoms with Crippen LogP contribution in [-0.4, -0.2) is 57.5 Å². The summed E-state index contributed by atoms with van der Waals surface area (Å²) in [4.78, 5) is 39.2. The molecule has 0 radical (unpaired) electrons. The van der Waals surface area contributed by atoms with Gasteiger partial charge in [-0.05, 0) is 46.5 Å². The maximum atomic E-state index is 12.1. The highest BCUT2D eigenvalue weighted by Gasteiger charge is 2.28. The van der Waals surface area contributed by atoms with E-state index in [0.29, 0.717) is 0 Å². The molecular formula is C22H39N3O6S. The first-order valence-corrected chi connectivity index (χ1v) is 12.1. The van der Waals surface area contributed by atoms with Crippen LogP contribution in [0.4, 0.5) is 4.79 Å². The molecule has 0 aromatic carbocycles. The van der Waals surface area contributed by atoms with E-state index in [1.54, 1.807) is 5.38 Å². The fourth-order valence-electron chi connectivity index (χ4n) is 2.96. The van der Waals surface area contributed by atoms with Crippen molar-refractivity contribution in [2.24, 2.45) is 0 Å². The van der Waals surface area contributed by atoms with Gasteiger partial charge in [0, 0.05) is 17.3 Å². The van der Waals surface area contributed by atoms with E-state index >= 15 is 0 Å². The fourth-order valence-corrected chi connectivity index (χ4v) is 3.93. The van der Waals surface area contributed by atoms with Gasteiger partial charge in [0.15, 0.2) is 6.04 Å². The van der Waals surface area contributed by atoms with Gasteiger partial charge in [0.05, 0.1) is 11.6 Å². The maximum Gasteiger partial charge on any atom is 0.407 e. The zero-order chi connectivity index (χ0) is 24.9. The lowest BCUT2D eigenvalue weighted by atomic mass is 9.86. The van der Waals surface area contributed by atoms with E-state index in [2.05, 4.69) is 15.6 Å². The third kappa shape index (κ3) is 10.4. The number of hydrogen-bond acceptors (Lipinski definition) is 7. The Bertz CT molecular complexity index is 709. The number of aliphatic carboxylic acids is 1. The predicted molar refractivity (Wildman–Crippen MR) is 125 cm³/mol. The number of ether oxygens (including phenoxy) is 1. The number of carboxylic acid groups (broad SMARTS) is 1. The summed E-state index contributed by atoms with van der Waals surface area (Å²) < 4.78 is 5.27. The molecule has 2 rings (SSSR count). The second-order valence-electron chi connectivity index (χ2n) is 7.81. The summed E-state index contributed by atoms with van der Waals surface area (Å²) in [5.74, 6) is -1.73. The monoisotopic (exact) mass is 473 g/mol. The Morgan fingerprint density at radius 2 is 1.72 bits per heavy atom. The van der Waals surface area contributed by atoms with Gasteiger partial charge in [-0.25, -0.2) is 14.6 Å². The second kappa shape index (κ2) is 14.8. The normalized spacial score (nSPS) is 18.6. The average molecular weight is 474 g/mol. The topological polar surface area (TPSA) is 138 Å². The number of nitrogens with one attached hydrogen (secondary N) is 2. The van der Waals surface area contributed by atoms with Gasteiger partial charge < -0.3 is 25.6 Å². The number of amides is 2. The smallest absolute Gasteiger partial charge is 0.407 e. The van der Waals surface area contributed by atoms with E-state index in [1.165, 1.54) is 11.3 Å². The minimum atomic E-state index is -1.35. The number of rotatable bonds is 6. The molecule has 1 saturated carbocycles. The molecule has 1 heterocycles. The Morgan fingerprint density at radius 3 is 2.19 bits per heavy atom. The highest BCUT2D eigenvalue weighted by molar-refractivity contribution is 7.09. The van der Waals surface area contributed by atoms with Gasteiger partial charge >= 0.3 is 12.1 Å². The molecule has 1 aliphatic rings. The number of alkyl carbamates (subject to hydrolysis) is 1. The number of carbonyl (C=O) groups excluding carboxylic acids is 2. The van der Waals surface area contributed by atoms with Gasteiger partial charge in [-0.15, -0.1) is 11.3 Å². The minimum absolute atomic E-state index is 0.0507. The summed E-state index contributed by atoms with van der Waals surface area (Å²) in [7, 11) is 0. The van der Waals surface area contributed by atoms with Crippen LogP contribution in [0.15, 0.2) is 5.38 Å². The van der Waals surface area contributed by atoms with E-state index in [9.17, 15) is 14.4 Å². The molecule has 1 atom stereocenters. The van der Waals surface area contributed by atoms with Crippen molar-refractivity contribution in [1.82, 2.24) is 15.6 Å². The SMILES string of the molecule is CC.CC.CC(C)(C)OC(=O)NC1CCC(c2nc(C(=O)NC(CO)C(=O)O)cs2)CC1. The van der Waals surface area contributed by atoms with Gasteiger partial charge in [0.2, 0.25) is 0 Å². The number of aliphatic hydroxyl groups is 1. The van der Waals surface area contributed by atoms with Crippen molar-refractivity contribution in [1.29, 1.82) is 0 Å². The lowest BCUT2D eigenvalue weighted by Gasteiger charge is -2.29. The van der Waals surface area contributed by atoms with Crippen LogP contribution >= 0.6 is 11.3 Å². The molecule has 9 nitrogen and oxygen atoms in total. The highest BCUT2D eigenvalue weighted by atomic mass is 32.1.